The molecule has 128 valence electrons. The lowest BCUT2D eigenvalue weighted by Crippen LogP contribution is -2.17. The summed E-state index contributed by atoms with van der Waals surface area (Å²) < 4.78 is 11.7. The maximum atomic E-state index is 11.7. The van der Waals surface area contributed by atoms with Crippen molar-refractivity contribution in [3.05, 3.63) is 30.0 Å². The third-order valence-electron chi connectivity index (χ3n) is 4.07. The number of hydrogen-bond donors (Lipinski definition) is 2. The molecule has 0 spiro atoms. The zero-order valence-corrected chi connectivity index (χ0v) is 14.0. The van der Waals surface area contributed by atoms with Gasteiger partial charge in [0, 0.05) is 24.0 Å². The van der Waals surface area contributed by atoms with Gasteiger partial charge in [0.2, 0.25) is 5.88 Å². The number of nitrogens with one attached hydrogen (secondary N) is 1. The van der Waals surface area contributed by atoms with Crippen LogP contribution in [-0.4, -0.2) is 36.7 Å². The summed E-state index contributed by atoms with van der Waals surface area (Å²) in [4.78, 5) is 16.1. The Balaban J connectivity index is 1.95. The van der Waals surface area contributed by atoms with Crippen LogP contribution in [-0.2, 0) is 0 Å². The summed E-state index contributed by atoms with van der Waals surface area (Å²) >= 11 is 0. The molecule has 1 aromatic heterocycles. The number of hydrogen-bond acceptors (Lipinski definition) is 5. The quantitative estimate of drug-likeness (QED) is 0.847. The van der Waals surface area contributed by atoms with Crippen molar-refractivity contribution in [2.24, 2.45) is 11.7 Å². The number of carbonyl (C=O) groups is 1. The molecule has 1 aliphatic rings. The van der Waals surface area contributed by atoms with Crippen LogP contribution < -0.4 is 20.5 Å². The van der Waals surface area contributed by atoms with E-state index in [1.165, 1.54) is 0 Å². The Morgan fingerprint density at radius 2 is 2.29 bits per heavy atom. The van der Waals surface area contributed by atoms with E-state index in [-0.39, 0.29) is 6.10 Å². The van der Waals surface area contributed by atoms with Crippen LogP contribution in [0.15, 0.2) is 24.4 Å². The van der Waals surface area contributed by atoms with Crippen molar-refractivity contribution in [3.8, 4) is 11.6 Å². The van der Waals surface area contributed by atoms with Gasteiger partial charge in [0.15, 0.2) is 0 Å². The summed E-state index contributed by atoms with van der Waals surface area (Å²) in [6, 6.07) is 5.37. The Labute approximate surface area is 141 Å². The number of amides is 1. The fourth-order valence-electron chi connectivity index (χ4n) is 2.89. The molecule has 0 unspecified atom stereocenters. The molecule has 1 atom stereocenters. The number of nitrogens with zero attached hydrogens (tertiary/aromatic N) is 1. The van der Waals surface area contributed by atoms with E-state index in [1.54, 1.807) is 18.3 Å². The van der Waals surface area contributed by atoms with E-state index in [4.69, 9.17) is 15.2 Å². The molecule has 6 heteroatoms. The Morgan fingerprint density at radius 3 is 2.96 bits per heavy atom. The first-order valence-electron chi connectivity index (χ1n) is 8.27. The highest BCUT2D eigenvalue weighted by Crippen LogP contribution is 2.31. The van der Waals surface area contributed by atoms with E-state index in [2.05, 4.69) is 10.3 Å². The summed E-state index contributed by atoms with van der Waals surface area (Å²) in [5.41, 5.74) is 5.86. The molecule has 1 fully saturated rings. The van der Waals surface area contributed by atoms with Crippen LogP contribution in [0, 0.1) is 5.92 Å². The number of nitrogens with two attached hydrogens (primary N) is 1. The second-order valence-electron chi connectivity index (χ2n) is 6.39. The number of aromatic nitrogens is 1. The van der Waals surface area contributed by atoms with Crippen LogP contribution in [0.4, 0.5) is 0 Å². The molecule has 2 heterocycles. The van der Waals surface area contributed by atoms with Crippen molar-refractivity contribution in [2.45, 2.75) is 26.4 Å². The van der Waals surface area contributed by atoms with Crippen molar-refractivity contribution < 1.29 is 14.3 Å². The van der Waals surface area contributed by atoms with Crippen LogP contribution in [0.1, 0.15) is 30.6 Å². The van der Waals surface area contributed by atoms with Crippen LogP contribution >= 0.6 is 0 Å². The molecule has 1 aromatic carbocycles. The average molecular weight is 329 g/mol. The molecule has 0 radical (unpaired) electrons. The average Bonchev–Trinajstić information content (AvgIpc) is 3.05. The number of primary amides is 1. The van der Waals surface area contributed by atoms with Crippen LogP contribution in [0.2, 0.25) is 0 Å². The van der Waals surface area contributed by atoms with Gasteiger partial charge in [0.1, 0.15) is 5.75 Å². The van der Waals surface area contributed by atoms with Gasteiger partial charge in [-0.15, -0.1) is 0 Å². The van der Waals surface area contributed by atoms with Gasteiger partial charge in [-0.05, 0) is 50.4 Å². The maximum Gasteiger partial charge on any atom is 0.252 e. The topological polar surface area (TPSA) is 86.5 Å². The lowest BCUT2D eigenvalue weighted by molar-refractivity contribution is 0.0994. The highest BCUT2D eigenvalue weighted by molar-refractivity contribution is 6.01. The zero-order valence-electron chi connectivity index (χ0n) is 14.0. The van der Waals surface area contributed by atoms with Crippen LogP contribution in [0.3, 0.4) is 0 Å². The van der Waals surface area contributed by atoms with Crippen molar-refractivity contribution in [1.82, 2.24) is 10.3 Å². The third kappa shape index (κ3) is 3.59. The Kier molecular flexibility index (Phi) is 4.85. The Bertz CT molecular complexity index is 740. The molecule has 1 saturated heterocycles. The summed E-state index contributed by atoms with van der Waals surface area (Å²) in [5, 5.41) is 5.00. The summed E-state index contributed by atoms with van der Waals surface area (Å²) in [6.07, 6.45) is 2.72. The number of pyridine rings is 1. The first-order valence-corrected chi connectivity index (χ1v) is 8.27. The summed E-state index contributed by atoms with van der Waals surface area (Å²) in [7, 11) is 0. The van der Waals surface area contributed by atoms with Gasteiger partial charge < -0.3 is 20.5 Å². The van der Waals surface area contributed by atoms with Gasteiger partial charge >= 0.3 is 0 Å². The van der Waals surface area contributed by atoms with Crippen molar-refractivity contribution >= 4 is 16.7 Å². The van der Waals surface area contributed by atoms with Gasteiger partial charge in [0.25, 0.3) is 5.91 Å². The van der Waals surface area contributed by atoms with Gasteiger partial charge in [-0.2, -0.15) is 0 Å². The van der Waals surface area contributed by atoms with Gasteiger partial charge in [-0.1, -0.05) is 0 Å². The molecule has 0 saturated carbocycles. The van der Waals surface area contributed by atoms with E-state index in [1.807, 2.05) is 19.9 Å². The molecular formula is C18H23N3O3. The minimum atomic E-state index is -0.510. The molecule has 1 amide bonds. The fourth-order valence-corrected chi connectivity index (χ4v) is 2.89. The SMILES string of the molecule is CC(C)Oc1cc2c(OC[C@H]3CCNC3)nccc2cc1C(N)=O. The zero-order chi connectivity index (χ0) is 17.1. The third-order valence-corrected chi connectivity index (χ3v) is 4.07. The normalized spacial score (nSPS) is 17.4. The largest absolute Gasteiger partial charge is 0.490 e. The van der Waals surface area contributed by atoms with Gasteiger partial charge in [0.05, 0.1) is 18.3 Å². The minimum Gasteiger partial charge on any atom is -0.490 e. The van der Waals surface area contributed by atoms with Crippen LogP contribution in [0.25, 0.3) is 10.8 Å². The smallest absolute Gasteiger partial charge is 0.252 e. The Hall–Kier alpha value is -2.34. The first-order chi connectivity index (χ1) is 11.5. The van der Waals surface area contributed by atoms with Crippen molar-refractivity contribution in [2.75, 3.05) is 19.7 Å². The standard InChI is InChI=1S/C18H23N3O3/c1-11(2)24-16-8-14-13(7-15(16)17(19)22)4-6-21-18(14)23-10-12-3-5-20-9-12/h4,6-8,11-12,20H,3,5,9-10H2,1-2H3,(H2,19,22)/t12-/m0/s1. The Morgan fingerprint density at radius 1 is 1.46 bits per heavy atom. The van der Waals surface area contributed by atoms with Crippen molar-refractivity contribution in [1.29, 1.82) is 0 Å². The van der Waals surface area contributed by atoms with Crippen LogP contribution in [0.5, 0.6) is 11.6 Å². The number of carbonyl (C=O) groups excluding carboxylic acids is 1. The second-order valence-corrected chi connectivity index (χ2v) is 6.39. The highest BCUT2D eigenvalue weighted by atomic mass is 16.5. The van der Waals surface area contributed by atoms with Gasteiger partial charge in [-0.3, -0.25) is 4.79 Å². The van der Waals surface area contributed by atoms with E-state index in [0.717, 1.165) is 30.3 Å². The van der Waals surface area contributed by atoms with E-state index >= 15 is 0 Å². The highest BCUT2D eigenvalue weighted by Gasteiger charge is 2.18. The predicted molar refractivity (Wildman–Crippen MR) is 92.5 cm³/mol. The van der Waals surface area contributed by atoms with Gasteiger partial charge in [-0.25, -0.2) is 4.98 Å². The molecule has 2 aromatic rings. The fraction of sp³-hybridized carbons (Fsp3) is 0.444. The lowest BCUT2D eigenvalue weighted by atomic mass is 10.1. The van der Waals surface area contributed by atoms with E-state index in [0.29, 0.717) is 29.7 Å². The minimum absolute atomic E-state index is 0.0637. The molecule has 24 heavy (non-hydrogen) atoms. The molecule has 0 aliphatic carbocycles. The van der Waals surface area contributed by atoms with Crippen molar-refractivity contribution in [3.63, 3.8) is 0 Å². The summed E-state index contributed by atoms with van der Waals surface area (Å²) in [5.74, 6) is 1.01. The number of fused-ring (bicyclic) bond motifs is 1. The maximum absolute atomic E-state index is 11.7. The number of ether oxygens (including phenoxy) is 2. The molecule has 6 nitrogen and oxygen atoms in total. The molecular weight excluding hydrogens is 306 g/mol. The second kappa shape index (κ2) is 7.05. The molecule has 1 aliphatic heterocycles. The van der Waals surface area contributed by atoms with E-state index < -0.39 is 5.91 Å². The number of benzene rings is 1. The van der Waals surface area contributed by atoms with E-state index in [9.17, 15) is 4.79 Å². The lowest BCUT2D eigenvalue weighted by Gasteiger charge is -2.16. The monoisotopic (exact) mass is 329 g/mol. The number of rotatable bonds is 6. The summed E-state index contributed by atoms with van der Waals surface area (Å²) in [6.45, 7) is 6.44. The molecule has 0 bridgehead atoms. The first kappa shape index (κ1) is 16.5. The molecule has 3 N–H and O–H groups in total. The molecule has 3 rings (SSSR count). The predicted octanol–water partition coefficient (Wildman–Crippen LogP) is 2.11.